The molecule has 1 N–H and O–H groups in total. The molecule has 0 bridgehead atoms. The summed E-state index contributed by atoms with van der Waals surface area (Å²) < 4.78 is 0. The summed E-state index contributed by atoms with van der Waals surface area (Å²) in [6, 6.07) is 9.36. The molecule has 1 atom stereocenters. The zero-order chi connectivity index (χ0) is 13.9. The van der Waals surface area contributed by atoms with E-state index in [4.69, 9.17) is 0 Å². The van der Waals surface area contributed by atoms with Gasteiger partial charge in [0.25, 0.3) is 0 Å². The smallest absolute Gasteiger partial charge is 0.0292 e. The molecule has 0 saturated heterocycles. The van der Waals surface area contributed by atoms with Gasteiger partial charge in [-0.2, -0.15) is 0 Å². The molecule has 0 aliphatic rings. The van der Waals surface area contributed by atoms with Crippen LogP contribution in [-0.2, 0) is 0 Å². The second kappa shape index (κ2) is 10.1. The van der Waals surface area contributed by atoms with Gasteiger partial charge in [-0.25, -0.2) is 0 Å². The normalized spacial score (nSPS) is 12.3. The molecule has 106 valence electrons. The average molecular weight is 277 g/mol. The molecule has 0 spiro atoms. The highest BCUT2D eigenvalue weighted by molar-refractivity contribution is 7.99. The van der Waals surface area contributed by atoms with Crippen LogP contribution in [0.4, 0.5) is 0 Å². The molecule has 1 nitrogen and oxygen atoms in total. The minimum atomic E-state index is 0.443. The Kier molecular flexibility index (Phi) is 8.68. The maximum atomic E-state index is 3.76. The Bertz CT molecular complexity index is 362. The molecule has 0 saturated carbocycles. The fourth-order valence-corrected chi connectivity index (χ4v) is 3.03. The molecule has 0 heterocycles. The van der Waals surface area contributed by atoms with E-state index in [1.165, 1.54) is 35.5 Å². The van der Waals surface area contributed by atoms with Crippen molar-refractivity contribution in [2.24, 2.45) is 0 Å². The van der Waals surface area contributed by atoms with E-state index in [9.17, 15) is 0 Å². The molecule has 2 heteroatoms. The Labute approximate surface area is 122 Å². The Morgan fingerprint density at radius 3 is 2.89 bits per heavy atom. The summed E-state index contributed by atoms with van der Waals surface area (Å²) in [5.41, 5.74) is 1.39. The van der Waals surface area contributed by atoms with Crippen molar-refractivity contribution >= 4 is 11.8 Å². The Morgan fingerprint density at radius 1 is 1.32 bits per heavy atom. The van der Waals surface area contributed by atoms with Crippen molar-refractivity contribution in [2.75, 3.05) is 12.3 Å². The van der Waals surface area contributed by atoms with E-state index in [2.05, 4.69) is 50.0 Å². The number of nitrogens with one attached hydrogen (secondary N) is 1. The standard InChI is InChI=1S/C17H27NS/c1-4-6-7-8-9-13-19-17-12-10-11-16(14-17)15(3)18-5-2/h4,10-12,14-15,18H,1,5-9,13H2,2-3H3. The van der Waals surface area contributed by atoms with Gasteiger partial charge in [0.15, 0.2) is 0 Å². The molecule has 1 unspecified atom stereocenters. The molecule has 1 aromatic rings. The van der Waals surface area contributed by atoms with Crippen molar-refractivity contribution in [2.45, 2.75) is 50.5 Å². The highest BCUT2D eigenvalue weighted by atomic mass is 32.2. The first-order valence-electron chi connectivity index (χ1n) is 7.35. The third kappa shape index (κ3) is 6.84. The van der Waals surface area contributed by atoms with Gasteiger partial charge < -0.3 is 5.32 Å². The van der Waals surface area contributed by atoms with Crippen LogP contribution in [-0.4, -0.2) is 12.3 Å². The maximum Gasteiger partial charge on any atom is 0.0292 e. The molecular weight excluding hydrogens is 250 g/mol. The van der Waals surface area contributed by atoms with E-state index < -0.39 is 0 Å². The van der Waals surface area contributed by atoms with Crippen LogP contribution in [0.3, 0.4) is 0 Å². The molecule has 0 amide bonds. The third-order valence-corrected chi connectivity index (χ3v) is 4.27. The quantitative estimate of drug-likeness (QED) is 0.358. The average Bonchev–Trinajstić information content (AvgIpc) is 2.43. The van der Waals surface area contributed by atoms with E-state index in [0.29, 0.717) is 6.04 Å². The second-order valence-electron chi connectivity index (χ2n) is 4.84. The van der Waals surface area contributed by atoms with Crippen LogP contribution in [0.25, 0.3) is 0 Å². The van der Waals surface area contributed by atoms with Crippen LogP contribution in [0.5, 0.6) is 0 Å². The number of unbranched alkanes of at least 4 members (excludes halogenated alkanes) is 3. The van der Waals surface area contributed by atoms with Crippen LogP contribution in [0.2, 0.25) is 0 Å². The lowest BCUT2D eigenvalue weighted by Gasteiger charge is -2.13. The monoisotopic (exact) mass is 277 g/mol. The van der Waals surface area contributed by atoms with Gasteiger partial charge in [-0.1, -0.05) is 31.6 Å². The lowest BCUT2D eigenvalue weighted by atomic mass is 10.1. The Balaban J connectivity index is 2.33. The van der Waals surface area contributed by atoms with Gasteiger partial charge in [0.05, 0.1) is 0 Å². The Morgan fingerprint density at radius 2 is 2.16 bits per heavy atom. The summed E-state index contributed by atoms with van der Waals surface area (Å²) >= 11 is 1.97. The molecular formula is C17H27NS. The minimum Gasteiger partial charge on any atom is -0.310 e. The van der Waals surface area contributed by atoms with Gasteiger partial charge in [-0.05, 0) is 56.2 Å². The van der Waals surface area contributed by atoms with Crippen molar-refractivity contribution in [1.29, 1.82) is 0 Å². The predicted molar refractivity (Wildman–Crippen MR) is 87.9 cm³/mol. The van der Waals surface area contributed by atoms with Gasteiger partial charge >= 0.3 is 0 Å². The SMILES string of the molecule is C=CCCCCCSc1cccc(C(C)NCC)c1. The number of thioether (sulfide) groups is 1. The summed E-state index contributed by atoms with van der Waals surface area (Å²) in [4.78, 5) is 1.39. The summed E-state index contributed by atoms with van der Waals surface area (Å²) in [6.07, 6.45) is 7.05. The minimum absolute atomic E-state index is 0.443. The first-order chi connectivity index (χ1) is 9.27. The van der Waals surface area contributed by atoms with Crippen LogP contribution >= 0.6 is 11.8 Å². The summed E-state index contributed by atoms with van der Waals surface area (Å²) in [5, 5.41) is 3.46. The van der Waals surface area contributed by atoms with Crippen LogP contribution < -0.4 is 5.32 Å². The van der Waals surface area contributed by atoms with Gasteiger partial charge in [-0.3, -0.25) is 0 Å². The largest absolute Gasteiger partial charge is 0.310 e. The predicted octanol–water partition coefficient (Wildman–Crippen LogP) is 5.20. The highest BCUT2D eigenvalue weighted by Gasteiger charge is 2.04. The first-order valence-corrected chi connectivity index (χ1v) is 8.33. The first kappa shape index (κ1) is 16.3. The van der Waals surface area contributed by atoms with Crippen LogP contribution in [0, 0.1) is 0 Å². The molecule has 0 fully saturated rings. The summed E-state index contributed by atoms with van der Waals surface area (Å²) in [6.45, 7) is 9.15. The van der Waals surface area contributed by atoms with E-state index >= 15 is 0 Å². The number of rotatable bonds is 10. The van der Waals surface area contributed by atoms with Gasteiger partial charge in [0.2, 0.25) is 0 Å². The third-order valence-electron chi connectivity index (χ3n) is 3.19. The topological polar surface area (TPSA) is 12.0 Å². The Hall–Kier alpha value is -0.730. The number of benzene rings is 1. The van der Waals surface area contributed by atoms with E-state index in [-0.39, 0.29) is 0 Å². The molecule has 1 rings (SSSR count). The number of allylic oxidation sites excluding steroid dienone is 1. The van der Waals surface area contributed by atoms with Crippen molar-refractivity contribution in [3.63, 3.8) is 0 Å². The van der Waals surface area contributed by atoms with Crippen molar-refractivity contribution in [1.82, 2.24) is 5.32 Å². The molecule has 19 heavy (non-hydrogen) atoms. The summed E-state index contributed by atoms with van der Waals surface area (Å²) in [5.74, 6) is 1.22. The van der Waals surface area contributed by atoms with Crippen molar-refractivity contribution in [3.8, 4) is 0 Å². The molecule has 0 aromatic heterocycles. The van der Waals surface area contributed by atoms with Crippen molar-refractivity contribution in [3.05, 3.63) is 42.5 Å². The van der Waals surface area contributed by atoms with E-state index in [0.717, 1.165) is 13.0 Å². The number of hydrogen-bond donors (Lipinski definition) is 1. The van der Waals surface area contributed by atoms with Gasteiger partial charge in [0.1, 0.15) is 0 Å². The van der Waals surface area contributed by atoms with Gasteiger partial charge in [-0.15, -0.1) is 18.3 Å². The van der Waals surface area contributed by atoms with E-state index in [1.54, 1.807) is 0 Å². The fraction of sp³-hybridized carbons (Fsp3) is 0.529. The van der Waals surface area contributed by atoms with Crippen molar-refractivity contribution < 1.29 is 0 Å². The lowest BCUT2D eigenvalue weighted by Crippen LogP contribution is -2.17. The lowest BCUT2D eigenvalue weighted by molar-refractivity contribution is 0.597. The van der Waals surface area contributed by atoms with E-state index in [1.807, 2.05) is 17.8 Å². The fourth-order valence-electron chi connectivity index (χ4n) is 2.06. The highest BCUT2D eigenvalue weighted by Crippen LogP contribution is 2.23. The second-order valence-corrected chi connectivity index (χ2v) is 6.01. The molecule has 0 radical (unpaired) electrons. The summed E-state index contributed by atoms with van der Waals surface area (Å²) in [7, 11) is 0. The molecule has 0 aliphatic carbocycles. The van der Waals surface area contributed by atoms with Crippen LogP contribution in [0.15, 0.2) is 41.8 Å². The maximum absolute atomic E-state index is 3.76. The van der Waals surface area contributed by atoms with Crippen LogP contribution in [0.1, 0.15) is 51.1 Å². The number of hydrogen-bond acceptors (Lipinski definition) is 2. The zero-order valence-corrected chi connectivity index (χ0v) is 13.1. The molecule has 1 aromatic carbocycles. The van der Waals surface area contributed by atoms with Gasteiger partial charge in [0, 0.05) is 10.9 Å². The zero-order valence-electron chi connectivity index (χ0n) is 12.3. The molecule has 0 aliphatic heterocycles.